The summed E-state index contributed by atoms with van der Waals surface area (Å²) >= 11 is 0. The van der Waals surface area contributed by atoms with Gasteiger partial charge in [0, 0.05) is 18.0 Å². The number of hydrogen-bond acceptors (Lipinski definition) is 4. The number of carbonyl (C=O) groups excluding carboxylic acids is 1. The SMILES string of the molecule is CCOC(=O)c1c[nH]c2ncc(-c3ccccc3C)cc2c1=O. The van der Waals surface area contributed by atoms with Crippen molar-refractivity contribution in [1.29, 1.82) is 0 Å². The molecule has 0 atom stereocenters. The minimum atomic E-state index is -0.628. The summed E-state index contributed by atoms with van der Waals surface area (Å²) in [4.78, 5) is 31.6. The first kappa shape index (κ1) is 15.0. The van der Waals surface area contributed by atoms with Crippen LogP contribution in [0.2, 0.25) is 0 Å². The topological polar surface area (TPSA) is 72.1 Å². The van der Waals surface area contributed by atoms with Crippen LogP contribution in [0.1, 0.15) is 22.8 Å². The molecule has 0 radical (unpaired) electrons. The fraction of sp³-hybridized carbons (Fsp3) is 0.167. The quantitative estimate of drug-likeness (QED) is 0.755. The zero-order chi connectivity index (χ0) is 16.4. The third-order valence-electron chi connectivity index (χ3n) is 3.68. The molecule has 1 N–H and O–H groups in total. The number of benzene rings is 1. The maximum Gasteiger partial charge on any atom is 0.343 e. The van der Waals surface area contributed by atoms with Crippen molar-refractivity contribution in [3.63, 3.8) is 0 Å². The molecule has 5 nitrogen and oxygen atoms in total. The van der Waals surface area contributed by atoms with Crippen LogP contribution < -0.4 is 5.43 Å². The summed E-state index contributed by atoms with van der Waals surface area (Å²) in [6, 6.07) is 9.62. The minimum Gasteiger partial charge on any atom is -0.462 e. The molecular formula is C18H16N2O3. The van der Waals surface area contributed by atoms with Crippen LogP contribution in [0.15, 0.2) is 47.5 Å². The van der Waals surface area contributed by atoms with E-state index in [9.17, 15) is 9.59 Å². The van der Waals surface area contributed by atoms with Crippen LogP contribution in [0, 0.1) is 6.92 Å². The van der Waals surface area contributed by atoms with E-state index in [1.807, 2.05) is 31.2 Å². The standard InChI is InChI=1S/C18H16N2O3/c1-3-23-18(22)15-10-20-17-14(16(15)21)8-12(9-19-17)13-7-5-4-6-11(13)2/h4-10H,3H2,1-2H3,(H,19,20,21). The lowest BCUT2D eigenvalue weighted by molar-refractivity contribution is 0.0524. The molecule has 23 heavy (non-hydrogen) atoms. The van der Waals surface area contributed by atoms with Gasteiger partial charge in [-0.1, -0.05) is 24.3 Å². The summed E-state index contributed by atoms with van der Waals surface area (Å²) in [5, 5.41) is 0.372. The molecule has 0 saturated carbocycles. The molecule has 0 unspecified atom stereocenters. The lowest BCUT2D eigenvalue weighted by Crippen LogP contribution is -2.18. The maximum atomic E-state index is 12.6. The highest BCUT2D eigenvalue weighted by Crippen LogP contribution is 2.24. The molecule has 0 spiro atoms. The Morgan fingerprint density at radius 2 is 2.09 bits per heavy atom. The maximum absolute atomic E-state index is 12.6. The Labute approximate surface area is 133 Å². The van der Waals surface area contributed by atoms with Gasteiger partial charge in [0.1, 0.15) is 11.2 Å². The number of nitrogens with one attached hydrogen (secondary N) is 1. The van der Waals surface area contributed by atoms with E-state index in [2.05, 4.69) is 9.97 Å². The smallest absolute Gasteiger partial charge is 0.343 e. The van der Waals surface area contributed by atoms with Crippen molar-refractivity contribution in [3.05, 3.63) is 64.1 Å². The highest BCUT2D eigenvalue weighted by atomic mass is 16.5. The molecule has 0 fully saturated rings. The Morgan fingerprint density at radius 1 is 1.30 bits per heavy atom. The second kappa shape index (κ2) is 6.04. The third kappa shape index (κ3) is 2.73. The number of aryl methyl sites for hydroxylation is 1. The molecule has 0 saturated heterocycles. The fourth-order valence-electron chi connectivity index (χ4n) is 2.51. The highest BCUT2D eigenvalue weighted by molar-refractivity contribution is 5.93. The number of hydrogen-bond donors (Lipinski definition) is 1. The van der Waals surface area contributed by atoms with E-state index in [-0.39, 0.29) is 17.6 Å². The lowest BCUT2D eigenvalue weighted by Gasteiger charge is -2.07. The van der Waals surface area contributed by atoms with Crippen LogP contribution in [0.4, 0.5) is 0 Å². The van der Waals surface area contributed by atoms with Crippen molar-refractivity contribution in [2.75, 3.05) is 6.61 Å². The molecule has 2 heterocycles. The number of fused-ring (bicyclic) bond motifs is 1. The molecule has 116 valence electrons. The number of carbonyl (C=O) groups is 1. The lowest BCUT2D eigenvalue weighted by atomic mass is 10.0. The van der Waals surface area contributed by atoms with E-state index in [0.717, 1.165) is 16.7 Å². The number of rotatable bonds is 3. The minimum absolute atomic E-state index is 0.0110. The zero-order valence-corrected chi connectivity index (χ0v) is 12.9. The van der Waals surface area contributed by atoms with Crippen molar-refractivity contribution < 1.29 is 9.53 Å². The summed E-state index contributed by atoms with van der Waals surface area (Å²) < 4.78 is 4.91. The first-order valence-corrected chi connectivity index (χ1v) is 7.36. The third-order valence-corrected chi connectivity index (χ3v) is 3.68. The largest absolute Gasteiger partial charge is 0.462 e. The summed E-state index contributed by atoms with van der Waals surface area (Å²) in [5.74, 6) is -0.628. The summed E-state index contributed by atoms with van der Waals surface area (Å²) in [6.07, 6.45) is 3.06. The van der Waals surface area contributed by atoms with Gasteiger partial charge >= 0.3 is 5.97 Å². The molecule has 3 aromatic rings. The number of pyridine rings is 2. The Kier molecular flexibility index (Phi) is 3.93. The predicted molar refractivity (Wildman–Crippen MR) is 88.5 cm³/mol. The Balaban J connectivity index is 2.19. The molecule has 0 aliphatic rings. The first-order chi connectivity index (χ1) is 11.1. The zero-order valence-electron chi connectivity index (χ0n) is 12.9. The number of aromatic amines is 1. The van der Waals surface area contributed by atoms with Gasteiger partial charge in [-0.05, 0) is 31.0 Å². The van der Waals surface area contributed by atoms with Gasteiger partial charge < -0.3 is 9.72 Å². The van der Waals surface area contributed by atoms with Crippen LogP contribution in [0.3, 0.4) is 0 Å². The number of H-pyrrole nitrogens is 1. The average Bonchev–Trinajstić information content (AvgIpc) is 2.56. The molecule has 2 aromatic heterocycles. The van der Waals surface area contributed by atoms with Crippen LogP contribution in [0.25, 0.3) is 22.2 Å². The van der Waals surface area contributed by atoms with Crippen molar-refractivity contribution in [2.45, 2.75) is 13.8 Å². The van der Waals surface area contributed by atoms with Crippen molar-refractivity contribution in [3.8, 4) is 11.1 Å². The van der Waals surface area contributed by atoms with Gasteiger partial charge in [0.2, 0.25) is 5.43 Å². The molecule has 5 heteroatoms. The van der Waals surface area contributed by atoms with Crippen LogP contribution in [-0.2, 0) is 4.74 Å². The predicted octanol–water partition coefficient (Wildman–Crippen LogP) is 3.08. The summed E-state index contributed by atoms with van der Waals surface area (Å²) in [6.45, 7) is 3.92. The summed E-state index contributed by atoms with van der Waals surface area (Å²) in [7, 11) is 0. The molecule has 0 aliphatic carbocycles. The van der Waals surface area contributed by atoms with Crippen molar-refractivity contribution in [1.82, 2.24) is 9.97 Å². The molecule has 3 rings (SSSR count). The van der Waals surface area contributed by atoms with Crippen molar-refractivity contribution in [2.24, 2.45) is 0 Å². The monoisotopic (exact) mass is 308 g/mol. The van der Waals surface area contributed by atoms with E-state index in [0.29, 0.717) is 11.0 Å². The van der Waals surface area contributed by atoms with Gasteiger partial charge in [-0.3, -0.25) is 4.79 Å². The second-order valence-electron chi connectivity index (χ2n) is 5.19. The second-order valence-corrected chi connectivity index (χ2v) is 5.19. The van der Waals surface area contributed by atoms with E-state index in [4.69, 9.17) is 4.74 Å². The fourth-order valence-corrected chi connectivity index (χ4v) is 2.51. The van der Waals surface area contributed by atoms with E-state index < -0.39 is 5.97 Å². The molecular weight excluding hydrogens is 292 g/mol. The van der Waals surface area contributed by atoms with Gasteiger partial charge in [0.15, 0.2) is 0 Å². The summed E-state index contributed by atoms with van der Waals surface area (Å²) in [5.41, 5.74) is 2.99. The van der Waals surface area contributed by atoms with E-state index in [1.54, 1.807) is 19.2 Å². The molecule has 0 amide bonds. The van der Waals surface area contributed by atoms with Gasteiger partial charge in [-0.15, -0.1) is 0 Å². The van der Waals surface area contributed by atoms with Gasteiger partial charge in [0.05, 0.1) is 12.0 Å². The first-order valence-electron chi connectivity index (χ1n) is 7.36. The normalized spacial score (nSPS) is 10.7. The number of nitrogens with zero attached hydrogens (tertiary/aromatic N) is 1. The van der Waals surface area contributed by atoms with Crippen LogP contribution in [-0.4, -0.2) is 22.5 Å². The van der Waals surface area contributed by atoms with Crippen LogP contribution in [0.5, 0.6) is 0 Å². The molecule has 0 aliphatic heterocycles. The number of ether oxygens (including phenoxy) is 1. The Morgan fingerprint density at radius 3 is 2.83 bits per heavy atom. The molecule has 1 aromatic carbocycles. The molecule has 0 bridgehead atoms. The Bertz CT molecular complexity index is 944. The van der Waals surface area contributed by atoms with Gasteiger partial charge in [-0.2, -0.15) is 0 Å². The van der Waals surface area contributed by atoms with Crippen molar-refractivity contribution >= 4 is 17.0 Å². The Hall–Kier alpha value is -2.95. The van der Waals surface area contributed by atoms with Crippen LogP contribution >= 0.6 is 0 Å². The number of aromatic nitrogens is 2. The van der Waals surface area contributed by atoms with Gasteiger partial charge in [0.25, 0.3) is 0 Å². The van der Waals surface area contributed by atoms with Gasteiger partial charge in [-0.25, -0.2) is 9.78 Å². The van der Waals surface area contributed by atoms with E-state index >= 15 is 0 Å². The highest BCUT2D eigenvalue weighted by Gasteiger charge is 2.15. The average molecular weight is 308 g/mol. The number of esters is 1. The van der Waals surface area contributed by atoms with E-state index in [1.165, 1.54) is 6.20 Å².